The van der Waals surface area contributed by atoms with Gasteiger partial charge in [0, 0.05) is 69.9 Å². The molecule has 36 heavy (non-hydrogen) atoms. The Morgan fingerprint density at radius 2 is 1.83 bits per heavy atom. The van der Waals surface area contributed by atoms with Gasteiger partial charge in [0.05, 0.1) is 17.7 Å². The average molecular weight is 508 g/mol. The van der Waals surface area contributed by atoms with E-state index in [9.17, 15) is 22.8 Å². The van der Waals surface area contributed by atoms with Crippen molar-refractivity contribution in [1.29, 1.82) is 0 Å². The number of amides is 1. The van der Waals surface area contributed by atoms with Crippen LogP contribution in [-0.4, -0.2) is 94.8 Å². The fourth-order valence-corrected chi connectivity index (χ4v) is 6.31. The Kier molecular flexibility index (Phi) is 5.52. The van der Waals surface area contributed by atoms with Crippen LogP contribution in [0, 0.1) is 0 Å². The van der Waals surface area contributed by atoms with Gasteiger partial charge in [-0.1, -0.05) is 0 Å². The first-order chi connectivity index (χ1) is 17.2. The third-order valence-corrected chi connectivity index (χ3v) is 8.46. The number of anilines is 1. The van der Waals surface area contributed by atoms with Crippen molar-refractivity contribution >= 4 is 17.7 Å². The highest BCUT2D eigenvalue weighted by molar-refractivity contribution is 6.07. The highest BCUT2D eigenvalue weighted by Crippen LogP contribution is 2.45. The van der Waals surface area contributed by atoms with Gasteiger partial charge in [-0.15, -0.1) is 0 Å². The lowest BCUT2D eigenvalue weighted by Crippen LogP contribution is -2.80. The van der Waals surface area contributed by atoms with Crippen molar-refractivity contribution < 1.29 is 32.2 Å². The van der Waals surface area contributed by atoms with Crippen LogP contribution in [0.25, 0.3) is 0 Å². The number of fused-ring (bicyclic) bond motifs is 1. The second-order valence-corrected chi connectivity index (χ2v) is 10.3. The summed E-state index contributed by atoms with van der Waals surface area (Å²) < 4.78 is 50.4. The van der Waals surface area contributed by atoms with Crippen molar-refractivity contribution in [1.82, 2.24) is 19.8 Å². The molecule has 1 aromatic heterocycles. The van der Waals surface area contributed by atoms with Crippen LogP contribution in [0.3, 0.4) is 0 Å². The number of carbonyl (C=O) groups excluding carboxylic acids is 2. The van der Waals surface area contributed by atoms with Crippen LogP contribution in [0.4, 0.5) is 19.0 Å². The lowest BCUT2D eigenvalue weighted by Gasteiger charge is -2.62. The Hall–Kier alpha value is -2.73. The maximum Gasteiger partial charge on any atom is 0.433 e. The van der Waals surface area contributed by atoms with E-state index in [1.165, 1.54) is 0 Å². The second kappa shape index (κ2) is 8.41. The largest absolute Gasteiger partial charge is 0.450 e. The maximum absolute atomic E-state index is 13.7. The smallest absolute Gasteiger partial charge is 0.433 e. The van der Waals surface area contributed by atoms with Crippen LogP contribution < -0.4 is 4.90 Å². The van der Waals surface area contributed by atoms with Gasteiger partial charge in [0.1, 0.15) is 23.4 Å². The van der Waals surface area contributed by atoms with Crippen molar-refractivity contribution in [2.24, 2.45) is 0 Å². The number of esters is 1. The fourth-order valence-electron chi connectivity index (χ4n) is 6.31. The number of hydrogen-bond donors (Lipinski definition) is 0. The lowest BCUT2D eigenvalue weighted by molar-refractivity contribution is -0.154. The van der Waals surface area contributed by atoms with Crippen molar-refractivity contribution in [2.45, 2.75) is 62.5 Å². The number of alkyl halides is 3. The van der Waals surface area contributed by atoms with Gasteiger partial charge in [-0.2, -0.15) is 13.2 Å². The van der Waals surface area contributed by atoms with Gasteiger partial charge in [0.25, 0.3) is 5.91 Å². The van der Waals surface area contributed by atoms with E-state index in [0.717, 1.165) is 51.5 Å². The minimum Gasteiger partial charge on any atom is -0.450 e. The zero-order chi connectivity index (χ0) is 25.2. The number of carbonyl (C=O) groups is 2. The quantitative estimate of drug-likeness (QED) is 0.573. The summed E-state index contributed by atoms with van der Waals surface area (Å²) in [6.45, 7) is 5.41. The molecule has 12 heteroatoms. The second-order valence-electron chi connectivity index (χ2n) is 10.3. The van der Waals surface area contributed by atoms with Gasteiger partial charge < -0.3 is 19.3 Å². The van der Waals surface area contributed by atoms with Gasteiger partial charge in [-0.05, 0) is 19.8 Å². The Bertz CT molecular complexity index is 1110. The first-order valence-corrected chi connectivity index (χ1v) is 12.4. The molecule has 0 aromatic carbocycles. The number of piperazine rings is 1. The summed E-state index contributed by atoms with van der Waals surface area (Å²) in [6, 6.07) is 1.17. The molecular formula is C24H28F3N5O4. The molecule has 6 heterocycles. The predicted molar refractivity (Wildman–Crippen MR) is 120 cm³/mol. The molecule has 194 valence electrons. The van der Waals surface area contributed by atoms with Crippen LogP contribution in [-0.2, 0) is 25.2 Å². The maximum atomic E-state index is 13.7. The number of ether oxygens (including phenoxy) is 2. The van der Waals surface area contributed by atoms with E-state index >= 15 is 0 Å². The highest BCUT2D eigenvalue weighted by Gasteiger charge is 2.59. The predicted octanol–water partition coefficient (Wildman–Crippen LogP) is 1.78. The van der Waals surface area contributed by atoms with E-state index in [0.29, 0.717) is 43.1 Å². The monoisotopic (exact) mass is 507 g/mol. The van der Waals surface area contributed by atoms with Crippen LogP contribution in [0.1, 0.15) is 38.3 Å². The summed E-state index contributed by atoms with van der Waals surface area (Å²) in [5.74, 6) is -0.430. The van der Waals surface area contributed by atoms with Crippen LogP contribution in [0.2, 0.25) is 0 Å². The molecule has 0 bridgehead atoms. The van der Waals surface area contributed by atoms with Crippen LogP contribution in [0.5, 0.6) is 0 Å². The molecule has 1 spiro atoms. The van der Waals surface area contributed by atoms with Crippen molar-refractivity contribution in [3.63, 3.8) is 0 Å². The summed E-state index contributed by atoms with van der Waals surface area (Å²) in [7, 11) is 0. The highest BCUT2D eigenvalue weighted by atomic mass is 19.4. The molecule has 0 N–H and O–H groups in total. The van der Waals surface area contributed by atoms with Crippen LogP contribution in [0.15, 0.2) is 23.5 Å². The van der Waals surface area contributed by atoms with E-state index < -0.39 is 23.4 Å². The molecule has 1 aromatic rings. The Morgan fingerprint density at radius 1 is 1.11 bits per heavy atom. The molecular weight excluding hydrogens is 479 g/mol. The molecule has 2 atom stereocenters. The van der Waals surface area contributed by atoms with Gasteiger partial charge in [-0.25, -0.2) is 14.8 Å². The molecule has 0 aliphatic carbocycles. The molecule has 5 aliphatic heterocycles. The number of piperidine rings is 1. The summed E-state index contributed by atoms with van der Waals surface area (Å²) >= 11 is 0. The average Bonchev–Trinajstić information content (AvgIpc) is 3.09. The van der Waals surface area contributed by atoms with Gasteiger partial charge in [0.2, 0.25) is 0 Å². The molecule has 1 amide bonds. The summed E-state index contributed by atoms with van der Waals surface area (Å²) in [5, 5.41) is 0. The zero-order valence-corrected chi connectivity index (χ0v) is 20.0. The molecule has 0 radical (unpaired) electrons. The third-order valence-electron chi connectivity index (χ3n) is 8.46. The lowest BCUT2D eigenvalue weighted by atomic mass is 9.79. The number of nitrogens with zero attached hydrogens (tertiary/aromatic N) is 5. The number of hydrogen-bond acceptors (Lipinski definition) is 8. The number of aromatic nitrogens is 2. The number of likely N-dealkylation sites (tertiary alicyclic amines) is 2. The van der Waals surface area contributed by atoms with E-state index in [2.05, 4.69) is 14.9 Å². The molecule has 5 aliphatic rings. The van der Waals surface area contributed by atoms with Crippen LogP contribution >= 0.6 is 0 Å². The van der Waals surface area contributed by atoms with Crippen molar-refractivity contribution in [3.05, 3.63) is 29.2 Å². The normalized spacial score (nSPS) is 28.6. The molecule has 6 rings (SSSR count). The van der Waals surface area contributed by atoms with Gasteiger partial charge >= 0.3 is 12.1 Å². The number of halogens is 3. The van der Waals surface area contributed by atoms with E-state index in [4.69, 9.17) is 9.47 Å². The minimum atomic E-state index is -4.54. The summed E-state index contributed by atoms with van der Waals surface area (Å²) in [6.07, 6.45) is -0.515. The molecule has 0 saturated carbocycles. The molecule has 4 fully saturated rings. The zero-order valence-electron chi connectivity index (χ0n) is 20.0. The molecule has 9 nitrogen and oxygen atoms in total. The fraction of sp³-hybridized carbons (Fsp3) is 0.667. The number of rotatable bonds is 3. The minimum absolute atomic E-state index is 0.102. The van der Waals surface area contributed by atoms with E-state index in [1.54, 1.807) is 16.7 Å². The Morgan fingerprint density at radius 3 is 2.47 bits per heavy atom. The van der Waals surface area contributed by atoms with Crippen molar-refractivity contribution in [3.8, 4) is 0 Å². The first kappa shape index (κ1) is 23.7. The van der Waals surface area contributed by atoms with Gasteiger partial charge in [0.15, 0.2) is 0 Å². The summed E-state index contributed by atoms with van der Waals surface area (Å²) in [4.78, 5) is 39.5. The van der Waals surface area contributed by atoms with E-state index in [1.807, 2.05) is 0 Å². The standard InChI is InChI=1S/C24H28F3N5O4/c1-14-20(23(36-22(14)34)4-6-30(7-5-23)15-2-8-35-9-3-15)21(33)32-12-16-17(32)11-31(16)19-10-18(24(25,26)27)28-13-29-19/h10,13,15-17H,2-9,11-12H2,1H3/t16?,17-/m1/s1. The molecule has 1 unspecified atom stereocenters. The van der Waals surface area contributed by atoms with E-state index in [-0.39, 0.29) is 23.8 Å². The SMILES string of the molecule is CC1=C(C(=O)N2CC3[C@H]2CN3c2cc(C(F)(F)F)ncn2)C2(CCN(C3CCOCC3)CC2)OC1=O. The first-order valence-electron chi connectivity index (χ1n) is 12.4. The Labute approximate surface area is 206 Å². The third kappa shape index (κ3) is 3.68. The Balaban J connectivity index is 1.13. The van der Waals surface area contributed by atoms with Gasteiger partial charge in [-0.3, -0.25) is 9.69 Å². The molecule has 4 saturated heterocycles. The van der Waals surface area contributed by atoms with Crippen molar-refractivity contribution in [2.75, 3.05) is 44.3 Å². The topological polar surface area (TPSA) is 88.1 Å². The summed E-state index contributed by atoms with van der Waals surface area (Å²) in [5.41, 5.74) is -1.07.